The van der Waals surface area contributed by atoms with Crippen molar-refractivity contribution in [3.8, 4) is 0 Å². The SMILES string of the molecule is O=C(NCC1(N2CCOCC2)CCCCC1)C(F)(F)C1(O)CCC1. The summed E-state index contributed by atoms with van der Waals surface area (Å²) >= 11 is 0. The highest BCUT2D eigenvalue weighted by atomic mass is 19.3. The lowest BCUT2D eigenvalue weighted by Crippen LogP contribution is -2.64. The largest absolute Gasteiger partial charge is 0.383 e. The van der Waals surface area contributed by atoms with Gasteiger partial charge in [-0.05, 0) is 32.1 Å². The van der Waals surface area contributed by atoms with Crippen LogP contribution in [0, 0.1) is 0 Å². The molecule has 1 amide bonds. The molecule has 24 heavy (non-hydrogen) atoms. The zero-order valence-corrected chi connectivity index (χ0v) is 14.2. The van der Waals surface area contributed by atoms with Gasteiger partial charge in [0.2, 0.25) is 0 Å². The number of hydrogen-bond donors (Lipinski definition) is 2. The smallest absolute Gasteiger partial charge is 0.352 e. The predicted molar refractivity (Wildman–Crippen MR) is 85.0 cm³/mol. The van der Waals surface area contributed by atoms with Crippen LogP contribution in [0.4, 0.5) is 8.78 Å². The average molecular weight is 346 g/mol. The van der Waals surface area contributed by atoms with Crippen molar-refractivity contribution in [1.29, 1.82) is 0 Å². The minimum absolute atomic E-state index is 0.0119. The molecule has 3 aliphatic rings. The maximum atomic E-state index is 14.3. The van der Waals surface area contributed by atoms with E-state index < -0.39 is 17.4 Å². The van der Waals surface area contributed by atoms with Crippen molar-refractivity contribution in [1.82, 2.24) is 10.2 Å². The van der Waals surface area contributed by atoms with Crippen LogP contribution < -0.4 is 5.32 Å². The van der Waals surface area contributed by atoms with E-state index in [1.807, 2.05) is 0 Å². The Morgan fingerprint density at radius 3 is 2.25 bits per heavy atom. The molecule has 0 aromatic rings. The van der Waals surface area contributed by atoms with Gasteiger partial charge in [0.25, 0.3) is 5.91 Å². The molecule has 0 bridgehead atoms. The third kappa shape index (κ3) is 3.18. The van der Waals surface area contributed by atoms with E-state index in [2.05, 4.69) is 10.2 Å². The Morgan fingerprint density at radius 1 is 1.08 bits per heavy atom. The quantitative estimate of drug-likeness (QED) is 0.795. The highest BCUT2D eigenvalue weighted by Crippen LogP contribution is 2.44. The fourth-order valence-corrected chi connectivity index (χ4v) is 4.25. The molecule has 2 N–H and O–H groups in total. The Hall–Kier alpha value is -0.790. The molecule has 138 valence electrons. The number of alkyl halides is 2. The lowest BCUT2D eigenvalue weighted by atomic mass is 9.75. The summed E-state index contributed by atoms with van der Waals surface area (Å²) in [5, 5.41) is 12.4. The number of morpholine rings is 1. The Kier molecular flexibility index (Phi) is 5.14. The Balaban J connectivity index is 1.65. The second kappa shape index (κ2) is 6.84. The zero-order valence-electron chi connectivity index (χ0n) is 14.2. The van der Waals surface area contributed by atoms with Crippen LogP contribution in [0.3, 0.4) is 0 Å². The topological polar surface area (TPSA) is 61.8 Å². The van der Waals surface area contributed by atoms with Gasteiger partial charge in [0.15, 0.2) is 0 Å². The lowest BCUT2D eigenvalue weighted by molar-refractivity contribution is -0.216. The number of aliphatic hydroxyl groups is 1. The number of carbonyl (C=O) groups is 1. The molecular formula is C17H28F2N2O3. The molecule has 3 rings (SSSR count). The van der Waals surface area contributed by atoms with Crippen molar-refractivity contribution in [2.75, 3.05) is 32.8 Å². The minimum Gasteiger partial charge on any atom is -0.383 e. The second-order valence-corrected chi connectivity index (χ2v) is 7.53. The van der Waals surface area contributed by atoms with Crippen LogP contribution in [0.1, 0.15) is 51.4 Å². The van der Waals surface area contributed by atoms with Gasteiger partial charge in [-0.2, -0.15) is 8.78 Å². The number of nitrogens with one attached hydrogen (secondary N) is 1. The molecule has 0 spiro atoms. The van der Waals surface area contributed by atoms with Gasteiger partial charge in [-0.15, -0.1) is 0 Å². The maximum Gasteiger partial charge on any atom is 0.352 e. The van der Waals surface area contributed by atoms with Crippen molar-refractivity contribution in [2.24, 2.45) is 0 Å². The lowest BCUT2D eigenvalue weighted by Gasteiger charge is -2.48. The molecule has 0 aromatic heterocycles. The molecule has 1 saturated heterocycles. The Bertz CT molecular complexity index is 457. The summed E-state index contributed by atoms with van der Waals surface area (Å²) in [6, 6.07) is 0. The highest BCUT2D eigenvalue weighted by molar-refractivity contribution is 5.85. The number of nitrogens with zero attached hydrogens (tertiary/aromatic N) is 1. The van der Waals surface area contributed by atoms with E-state index >= 15 is 0 Å². The van der Waals surface area contributed by atoms with Gasteiger partial charge in [-0.25, -0.2) is 0 Å². The maximum absolute atomic E-state index is 14.3. The third-order valence-electron chi connectivity index (χ3n) is 6.09. The van der Waals surface area contributed by atoms with Crippen molar-refractivity contribution < 1.29 is 23.4 Å². The molecule has 0 unspecified atom stereocenters. The number of amides is 1. The molecule has 3 fully saturated rings. The molecule has 1 aliphatic heterocycles. The van der Waals surface area contributed by atoms with Gasteiger partial charge < -0.3 is 15.2 Å². The molecular weight excluding hydrogens is 318 g/mol. The number of rotatable bonds is 5. The first-order chi connectivity index (χ1) is 11.4. The average Bonchev–Trinajstić information content (AvgIpc) is 2.59. The van der Waals surface area contributed by atoms with Crippen LogP contribution in [0.5, 0.6) is 0 Å². The molecule has 7 heteroatoms. The van der Waals surface area contributed by atoms with Crippen LogP contribution in [-0.2, 0) is 9.53 Å². The second-order valence-electron chi connectivity index (χ2n) is 7.53. The summed E-state index contributed by atoms with van der Waals surface area (Å²) < 4.78 is 33.9. The molecule has 5 nitrogen and oxygen atoms in total. The molecule has 2 saturated carbocycles. The number of hydrogen-bond acceptors (Lipinski definition) is 4. The fourth-order valence-electron chi connectivity index (χ4n) is 4.25. The van der Waals surface area contributed by atoms with Gasteiger partial charge >= 0.3 is 5.92 Å². The van der Waals surface area contributed by atoms with Gasteiger partial charge in [0, 0.05) is 25.2 Å². The summed E-state index contributed by atoms with van der Waals surface area (Å²) in [7, 11) is 0. The minimum atomic E-state index is -3.72. The van der Waals surface area contributed by atoms with Gasteiger partial charge in [0.1, 0.15) is 5.60 Å². The van der Waals surface area contributed by atoms with E-state index in [-0.39, 0.29) is 24.9 Å². The monoisotopic (exact) mass is 346 g/mol. The molecule has 1 heterocycles. The Morgan fingerprint density at radius 2 is 1.71 bits per heavy atom. The zero-order chi connectivity index (χ0) is 17.3. The summed E-state index contributed by atoms with van der Waals surface area (Å²) in [6.07, 6.45) is 5.57. The summed E-state index contributed by atoms with van der Waals surface area (Å²) in [5.74, 6) is -5.05. The van der Waals surface area contributed by atoms with Crippen molar-refractivity contribution in [3.05, 3.63) is 0 Å². The third-order valence-corrected chi connectivity index (χ3v) is 6.09. The summed E-state index contributed by atoms with van der Waals surface area (Å²) in [4.78, 5) is 14.4. The van der Waals surface area contributed by atoms with E-state index in [4.69, 9.17) is 4.74 Å². The van der Waals surface area contributed by atoms with Gasteiger partial charge in [-0.1, -0.05) is 19.3 Å². The van der Waals surface area contributed by atoms with E-state index in [0.717, 1.165) is 45.2 Å². The summed E-state index contributed by atoms with van der Waals surface area (Å²) in [5.41, 5.74) is -2.41. The van der Waals surface area contributed by atoms with Crippen molar-refractivity contribution in [3.63, 3.8) is 0 Å². The Labute approximate surface area is 141 Å². The van der Waals surface area contributed by atoms with Gasteiger partial charge in [-0.3, -0.25) is 9.69 Å². The molecule has 0 radical (unpaired) electrons. The van der Waals surface area contributed by atoms with Crippen molar-refractivity contribution >= 4 is 5.91 Å². The van der Waals surface area contributed by atoms with E-state index in [0.29, 0.717) is 19.6 Å². The van der Waals surface area contributed by atoms with Crippen LogP contribution in [0.2, 0.25) is 0 Å². The normalized spacial score (nSPS) is 27.3. The van der Waals surface area contributed by atoms with Crippen LogP contribution >= 0.6 is 0 Å². The molecule has 0 atom stereocenters. The molecule has 0 aromatic carbocycles. The fraction of sp³-hybridized carbons (Fsp3) is 0.941. The first-order valence-corrected chi connectivity index (χ1v) is 9.11. The van der Waals surface area contributed by atoms with E-state index in [9.17, 15) is 18.7 Å². The number of carbonyl (C=O) groups excluding carboxylic acids is 1. The van der Waals surface area contributed by atoms with Crippen LogP contribution in [0.15, 0.2) is 0 Å². The highest BCUT2D eigenvalue weighted by Gasteiger charge is 2.61. The molecule has 2 aliphatic carbocycles. The summed E-state index contributed by atoms with van der Waals surface area (Å²) in [6.45, 7) is 3.06. The van der Waals surface area contributed by atoms with Gasteiger partial charge in [0.05, 0.1) is 13.2 Å². The van der Waals surface area contributed by atoms with E-state index in [1.165, 1.54) is 0 Å². The standard InChI is InChI=1S/C17H28F2N2O3/c18-17(19,16(23)7-4-8-16)14(22)20-13-15(5-2-1-3-6-15)21-9-11-24-12-10-21/h23H,1-13H2,(H,20,22). The van der Waals surface area contributed by atoms with E-state index in [1.54, 1.807) is 0 Å². The van der Waals surface area contributed by atoms with Crippen molar-refractivity contribution in [2.45, 2.75) is 68.4 Å². The van der Waals surface area contributed by atoms with Crippen LogP contribution in [-0.4, -0.2) is 65.8 Å². The number of halogens is 2. The first-order valence-electron chi connectivity index (χ1n) is 9.11. The van der Waals surface area contributed by atoms with Crippen LogP contribution in [0.25, 0.3) is 0 Å². The number of ether oxygens (including phenoxy) is 1. The first kappa shape index (κ1) is 18.0. The predicted octanol–water partition coefficient (Wildman–Crippen LogP) is 1.69.